The van der Waals surface area contributed by atoms with Crippen LogP contribution >= 0.6 is 0 Å². The van der Waals surface area contributed by atoms with Crippen LogP contribution in [0.5, 0.6) is 0 Å². The summed E-state index contributed by atoms with van der Waals surface area (Å²) in [5.41, 5.74) is 0. The van der Waals surface area contributed by atoms with Gasteiger partial charge in [-0.2, -0.15) is 0 Å². The van der Waals surface area contributed by atoms with Gasteiger partial charge in [0, 0.05) is 13.1 Å². The van der Waals surface area contributed by atoms with Crippen molar-refractivity contribution in [3.8, 4) is 0 Å². The summed E-state index contributed by atoms with van der Waals surface area (Å²) in [6.45, 7) is 2.12. The highest BCUT2D eigenvalue weighted by Crippen LogP contribution is 2.11. The molecular weight excluding hydrogens is 300 g/mol. The Balaban J connectivity index is 2.69. The van der Waals surface area contributed by atoms with Crippen LogP contribution in [0.3, 0.4) is 0 Å². The van der Waals surface area contributed by atoms with E-state index in [2.05, 4.69) is 4.72 Å². The molecule has 8 nitrogen and oxygen atoms in total. The number of hydrogen-bond donors (Lipinski definition) is 2. The second-order valence-corrected chi connectivity index (χ2v) is 6.22. The summed E-state index contributed by atoms with van der Waals surface area (Å²) in [7, 11) is -3.34. The number of nitrogens with one attached hydrogen (secondary N) is 1. The highest BCUT2D eigenvalue weighted by Gasteiger charge is 2.19. The van der Waals surface area contributed by atoms with Crippen molar-refractivity contribution in [3.63, 3.8) is 0 Å². The number of aliphatic carboxylic acids is 1. The van der Waals surface area contributed by atoms with Gasteiger partial charge in [0.1, 0.15) is 5.76 Å². The van der Waals surface area contributed by atoms with Gasteiger partial charge in [0.2, 0.25) is 10.0 Å². The van der Waals surface area contributed by atoms with E-state index in [1.54, 1.807) is 6.92 Å². The number of carboxylic acids is 1. The summed E-state index contributed by atoms with van der Waals surface area (Å²) in [4.78, 5) is 24.0. The first-order valence-electron chi connectivity index (χ1n) is 6.27. The van der Waals surface area contributed by atoms with E-state index in [1.807, 2.05) is 0 Å². The highest BCUT2D eigenvalue weighted by atomic mass is 32.2. The zero-order valence-electron chi connectivity index (χ0n) is 11.8. The zero-order chi connectivity index (χ0) is 16.0. The lowest BCUT2D eigenvalue weighted by Crippen LogP contribution is -2.32. The van der Waals surface area contributed by atoms with Crippen molar-refractivity contribution in [2.75, 3.05) is 19.3 Å². The average molecular weight is 318 g/mol. The number of hydrogen-bond acceptors (Lipinski definition) is 5. The van der Waals surface area contributed by atoms with Crippen molar-refractivity contribution in [1.29, 1.82) is 0 Å². The van der Waals surface area contributed by atoms with E-state index in [0.29, 0.717) is 12.3 Å². The van der Waals surface area contributed by atoms with Gasteiger partial charge in [-0.15, -0.1) is 0 Å². The third-order valence-electron chi connectivity index (χ3n) is 2.65. The molecule has 0 bridgehead atoms. The van der Waals surface area contributed by atoms with Gasteiger partial charge in [-0.05, 0) is 19.1 Å². The number of furan rings is 1. The van der Waals surface area contributed by atoms with E-state index >= 15 is 0 Å². The van der Waals surface area contributed by atoms with E-state index in [0.717, 1.165) is 6.26 Å². The standard InChI is InChI=1S/C12H18N2O6S/c1-3-14(7-6-11(15)16)12(17)10-5-4-9(20-10)8-13-21(2,18)19/h4-5,13H,3,6-8H2,1-2H3,(H,15,16). The molecule has 0 unspecified atom stereocenters. The van der Waals surface area contributed by atoms with Gasteiger partial charge in [-0.3, -0.25) is 9.59 Å². The monoisotopic (exact) mass is 318 g/mol. The van der Waals surface area contributed by atoms with Crippen LogP contribution in [0.1, 0.15) is 29.7 Å². The normalized spacial score (nSPS) is 11.3. The molecule has 0 aliphatic carbocycles. The summed E-state index contributed by atoms with van der Waals surface area (Å²) in [6.07, 6.45) is 0.871. The SMILES string of the molecule is CCN(CCC(=O)O)C(=O)c1ccc(CNS(C)(=O)=O)o1. The number of nitrogens with zero attached hydrogens (tertiary/aromatic N) is 1. The van der Waals surface area contributed by atoms with Crippen LogP contribution in [0.4, 0.5) is 0 Å². The van der Waals surface area contributed by atoms with E-state index in [9.17, 15) is 18.0 Å². The Bertz CT molecular complexity index is 607. The number of carbonyl (C=O) groups is 2. The van der Waals surface area contributed by atoms with E-state index in [4.69, 9.17) is 9.52 Å². The third-order valence-corrected chi connectivity index (χ3v) is 3.31. The van der Waals surface area contributed by atoms with Crippen molar-refractivity contribution in [2.45, 2.75) is 19.9 Å². The van der Waals surface area contributed by atoms with Crippen LogP contribution in [0.15, 0.2) is 16.5 Å². The van der Waals surface area contributed by atoms with Crippen molar-refractivity contribution in [2.24, 2.45) is 0 Å². The molecule has 0 atom stereocenters. The Morgan fingerprint density at radius 3 is 2.57 bits per heavy atom. The van der Waals surface area contributed by atoms with Crippen molar-refractivity contribution in [1.82, 2.24) is 9.62 Å². The molecule has 118 valence electrons. The van der Waals surface area contributed by atoms with Crippen LogP contribution in [-0.4, -0.2) is 49.6 Å². The maximum absolute atomic E-state index is 12.1. The summed E-state index contributed by atoms with van der Waals surface area (Å²) in [5, 5.41) is 8.63. The first-order valence-corrected chi connectivity index (χ1v) is 8.16. The third kappa shape index (κ3) is 5.96. The highest BCUT2D eigenvalue weighted by molar-refractivity contribution is 7.88. The predicted octanol–water partition coefficient (Wildman–Crippen LogP) is 0.266. The molecule has 1 rings (SSSR count). The minimum atomic E-state index is -3.34. The van der Waals surface area contributed by atoms with Gasteiger partial charge in [-0.25, -0.2) is 13.1 Å². The van der Waals surface area contributed by atoms with Crippen LogP contribution in [0, 0.1) is 0 Å². The van der Waals surface area contributed by atoms with Crippen molar-refractivity contribution in [3.05, 3.63) is 23.7 Å². The van der Waals surface area contributed by atoms with Gasteiger partial charge in [0.05, 0.1) is 19.2 Å². The topological polar surface area (TPSA) is 117 Å². The smallest absolute Gasteiger partial charge is 0.305 e. The Hall–Kier alpha value is -1.87. The number of amides is 1. The summed E-state index contributed by atoms with van der Waals surface area (Å²) < 4.78 is 29.4. The maximum Gasteiger partial charge on any atom is 0.305 e. The van der Waals surface area contributed by atoms with Crippen LogP contribution < -0.4 is 4.72 Å². The molecule has 0 aromatic carbocycles. The average Bonchev–Trinajstić information content (AvgIpc) is 2.84. The lowest BCUT2D eigenvalue weighted by molar-refractivity contribution is -0.137. The van der Waals surface area contributed by atoms with Gasteiger partial charge in [0.15, 0.2) is 5.76 Å². The maximum atomic E-state index is 12.1. The second kappa shape index (κ2) is 7.23. The molecule has 0 aliphatic heterocycles. The summed E-state index contributed by atoms with van der Waals surface area (Å²) >= 11 is 0. The van der Waals surface area contributed by atoms with Crippen LogP contribution in [0.2, 0.25) is 0 Å². The summed E-state index contributed by atoms with van der Waals surface area (Å²) in [6, 6.07) is 2.93. The molecule has 1 heterocycles. The summed E-state index contributed by atoms with van der Waals surface area (Å²) in [5.74, 6) is -1.06. The molecule has 2 N–H and O–H groups in total. The van der Waals surface area contributed by atoms with Crippen LogP contribution in [-0.2, 0) is 21.4 Å². The van der Waals surface area contributed by atoms with E-state index < -0.39 is 21.9 Å². The first kappa shape index (κ1) is 17.2. The van der Waals surface area contributed by atoms with Gasteiger partial charge >= 0.3 is 5.97 Å². The van der Waals surface area contributed by atoms with E-state index in [-0.39, 0.29) is 25.3 Å². The molecule has 0 aliphatic rings. The first-order chi connectivity index (χ1) is 9.73. The lowest BCUT2D eigenvalue weighted by Gasteiger charge is -2.18. The molecule has 0 radical (unpaired) electrons. The number of carbonyl (C=O) groups excluding carboxylic acids is 1. The molecule has 1 aromatic heterocycles. The Kier molecular flexibility index (Phi) is 5.91. The Morgan fingerprint density at radius 1 is 1.38 bits per heavy atom. The number of sulfonamides is 1. The fourth-order valence-corrected chi connectivity index (χ4v) is 1.98. The Labute approximate surface area is 122 Å². The molecule has 1 aromatic rings. The number of carboxylic acid groups (broad SMARTS) is 1. The molecule has 9 heteroatoms. The molecule has 0 saturated heterocycles. The van der Waals surface area contributed by atoms with Crippen molar-refractivity contribution >= 4 is 21.9 Å². The van der Waals surface area contributed by atoms with Crippen LogP contribution in [0.25, 0.3) is 0 Å². The van der Waals surface area contributed by atoms with Gasteiger partial charge in [0.25, 0.3) is 5.91 Å². The van der Waals surface area contributed by atoms with Gasteiger partial charge < -0.3 is 14.4 Å². The second-order valence-electron chi connectivity index (χ2n) is 4.39. The molecule has 1 amide bonds. The number of rotatable bonds is 8. The van der Waals surface area contributed by atoms with Crippen molar-refractivity contribution < 1.29 is 27.5 Å². The molecule has 0 saturated carbocycles. The minimum absolute atomic E-state index is 0.0482. The fourth-order valence-electron chi connectivity index (χ4n) is 1.58. The molecule has 21 heavy (non-hydrogen) atoms. The lowest BCUT2D eigenvalue weighted by atomic mass is 10.3. The quantitative estimate of drug-likeness (QED) is 0.710. The largest absolute Gasteiger partial charge is 0.481 e. The molecule has 0 fully saturated rings. The Morgan fingerprint density at radius 2 is 2.05 bits per heavy atom. The minimum Gasteiger partial charge on any atom is -0.481 e. The predicted molar refractivity (Wildman–Crippen MR) is 74.2 cm³/mol. The van der Waals surface area contributed by atoms with E-state index in [1.165, 1.54) is 17.0 Å². The zero-order valence-corrected chi connectivity index (χ0v) is 12.6. The molecule has 0 spiro atoms. The van der Waals surface area contributed by atoms with Gasteiger partial charge in [-0.1, -0.05) is 0 Å². The molecular formula is C12H18N2O6S. The fraction of sp³-hybridized carbons (Fsp3) is 0.500.